The number of rotatable bonds is 4. The zero-order chi connectivity index (χ0) is 16.5. The monoisotopic (exact) mass is 337 g/mol. The van der Waals surface area contributed by atoms with Gasteiger partial charge in [-0.1, -0.05) is 29.8 Å². The number of sulfone groups is 1. The van der Waals surface area contributed by atoms with Crippen molar-refractivity contribution in [2.75, 3.05) is 25.4 Å². The number of benzene rings is 1. The van der Waals surface area contributed by atoms with Crippen LogP contribution in [-0.2, 0) is 16.3 Å². The Hall–Kier alpha value is -0.910. The average molecular weight is 337 g/mol. The lowest BCUT2D eigenvalue weighted by molar-refractivity contribution is -0.0205. The quantitative estimate of drug-likeness (QED) is 0.912. The van der Waals surface area contributed by atoms with Crippen molar-refractivity contribution in [2.24, 2.45) is 0 Å². The maximum Gasteiger partial charge on any atom is 0.154 e. The highest BCUT2D eigenvalue weighted by Crippen LogP contribution is 2.28. The number of hydrogen-bond donors (Lipinski definition) is 1. The lowest BCUT2D eigenvalue weighted by Gasteiger charge is -2.39. The molecule has 3 rings (SSSR count). The summed E-state index contributed by atoms with van der Waals surface area (Å²) in [4.78, 5) is 2.22. The SMILES string of the molecule is Cc1cccc(CC2(O)CCN(CC3CCCS3(=O)=O)CC2)c1. The number of nitrogens with zero attached hydrogens (tertiary/aromatic N) is 1. The fourth-order valence-electron chi connectivity index (χ4n) is 3.88. The molecule has 2 saturated heterocycles. The van der Waals surface area contributed by atoms with E-state index in [1.54, 1.807) is 0 Å². The van der Waals surface area contributed by atoms with Crippen LogP contribution in [0.4, 0.5) is 0 Å². The van der Waals surface area contributed by atoms with Gasteiger partial charge in [0.25, 0.3) is 0 Å². The maximum absolute atomic E-state index is 12.0. The van der Waals surface area contributed by atoms with Crippen molar-refractivity contribution in [3.63, 3.8) is 0 Å². The van der Waals surface area contributed by atoms with E-state index in [1.165, 1.54) is 11.1 Å². The maximum atomic E-state index is 12.0. The van der Waals surface area contributed by atoms with E-state index in [0.717, 1.165) is 25.9 Å². The van der Waals surface area contributed by atoms with E-state index in [2.05, 4.69) is 30.0 Å². The van der Waals surface area contributed by atoms with Crippen LogP contribution in [-0.4, -0.2) is 54.7 Å². The molecule has 1 aromatic rings. The Balaban J connectivity index is 1.55. The molecule has 2 aliphatic rings. The summed E-state index contributed by atoms with van der Waals surface area (Å²) >= 11 is 0. The molecule has 2 heterocycles. The van der Waals surface area contributed by atoms with E-state index in [-0.39, 0.29) is 5.25 Å². The Bertz CT molecular complexity index is 648. The third-order valence-electron chi connectivity index (χ3n) is 5.33. The van der Waals surface area contributed by atoms with Crippen molar-refractivity contribution in [3.8, 4) is 0 Å². The molecule has 0 aliphatic carbocycles. The van der Waals surface area contributed by atoms with E-state index < -0.39 is 15.4 Å². The first kappa shape index (κ1) is 16.9. The minimum absolute atomic E-state index is 0.189. The minimum atomic E-state index is -2.87. The Morgan fingerprint density at radius 3 is 2.65 bits per heavy atom. The first-order chi connectivity index (χ1) is 10.9. The first-order valence-electron chi connectivity index (χ1n) is 8.58. The van der Waals surface area contributed by atoms with Gasteiger partial charge in [0.15, 0.2) is 9.84 Å². The molecule has 0 aromatic heterocycles. The fraction of sp³-hybridized carbons (Fsp3) is 0.667. The predicted molar refractivity (Wildman–Crippen MR) is 92.3 cm³/mol. The molecule has 0 radical (unpaired) electrons. The van der Waals surface area contributed by atoms with Crippen molar-refractivity contribution in [2.45, 2.75) is 49.9 Å². The molecule has 1 aromatic carbocycles. The van der Waals surface area contributed by atoms with Crippen LogP contribution in [0.2, 0.25) is 0 Å². The molecule has 1 unspecified atom stereocenters. The van der Waals surface area contributed by atoms with Crippen molar-refractivity contribution < 1.29 is 13.5 Å². The molecule has 0 spiro atoms. The van der Waals surface area contributed by atoms with Gasteiger partial charge >= 0.3 is 0 Å². The third kappa shape index (κ3) is 4.14. The number of hydrogen-bond acceptors (Lipinski definition) is 4. The van der Waals surface area contributed by atoms with E-state index in [9.17, 15) is 13.5 Å². The predicted octanol–water partition coefficient (Wildman–Crippen LogP) is 1.94. The van der Waals surface area contributed by atoms with E-state index in [1.807, 2.05) is 6.07 Å². The molecular weight excluding hydrogens is 310 g/mol. The largest absolute Gasteiger partial charge is 0.389 e. The van der Waals surface area contributed by atoms with Crippen LogP contribution in [0, 0.1) is 6.92 Å². The Labute approximate surface area is 139 Å². The summed E-state index contributed by atoms with van der Waals surface area (Å²) in [5.41, 5.74) is 1.74. The summed E-state index contributed by atoms with van der Waals surface area (Å²) in [6.45, 7) is 4.28. The second kappa shape index (κ2) is 6.54. The highest BCUT2D eigenvalue weighted by molar-refractivity contribution is 7.92. The van der Waals surface area contributed by atoms with Gasteiger partial charge in [0.2, 0.25) is 0 Å². The van der Waals surface area contributed by atoms with Crippen molar-refractivity contribution >= 4 is 9.84 Å². The summed E-state index contributed by atoms with van der Waals surface area (Å²) in [5.74, 6) is 0.350. The molecule has 0 saturated carbocycles. The highest BCUT2D eigenvalue weighted by Gasteiger charge is 2.36. The second-order valence-corrected chi connectivity index (χ2v) is 9.72. The standard InChI is InChI=1S/C18H27NO3S/c1-15-4-2-5-16(12-15)13-18(20)7-9-19(10-8-18)14-17-6-3-11-23(17,21)22/h2,4-5,12,17,20H,3,6-11,13-14H2,1H3. The topological polar surface area (TPSA) is 57.6 Å². The van der Waals surface area contributed by atoms with E-state index in [4.69, 9.17) is 0 Å². The van der Waals surface area contributed by atoms with Gasteiger partial charge in [-0.2, -0.15) is 0 Å². The molecular formula is C18H27NO3S. The fourth-order valence-corrected chi connectivity index (χ4v) is 5.75. The average Bonchev–Trinajstić information content (AvgIpc) is 2.80. The number of piperidine rings is 1. The van der Waals surface area contributed by atoms with E-state index in [0.29, 0.717) is 31.6 Å². The second-order valence-electron chi connectivity index (χ2n) is 7.32. The van der Waals surface area contributed by atoms with Crippen LogP contribution >= 0.6 is 0 Å². The van der Waals surface area contributed by atoms with Gasteiger partial charge in [0.05, 0.1) is 16.6 Å². The summed E-state index contributed by atoms with van der Waals surface area (Å²) in [7, 11) is -2.87. The zero-order valence-electron chi connectivity index (χ0n) is 13.9. The lowest BCUT2D eigenvalue weighted by atomic mass is 9.85. The Morgan fingerprint density at radius 2 is 2.04 bits per heavy atom. The van der Waals surface area contributed by atoms with Crippen molar-refractivity contribution in [1.29, 1.82) is 0 Å². The third-order valence-corrected chi connectivity index (χ3v) is 7.59. The molecule has 2 fully saturated rings. The summed E-state index contributed by atoms with van der Waals surface area (Å²) < 4.78 is 23.9. The lowest BCUT2D eigenvalue weighted by Crippen LogP contribution is -2.48. The minimum Gasteiger partial charge on any atom is -0.389 e. The van der Waals surface area contributed by atoms with Crippen LogP contribution in [0.15, 0.2) is 24.3 Å². The smallest absolute Gasteiger partial charge is 0.154 e. The van der Waals surface area contributed by atoms with Crippen LogP contribution in [0.25, 0.3) is 0 Å². The van der Waals surface area contributed by atoms with E-state index >= 15 is 0 Å². The number of aliphatic hydroxyl groups is 1. The van der Waals surface area contributed by atoms with Crippen LogP contribution < -0.4 is 0 Å². The molecule has 2 aliphatic heterocycles. The molecule has 4 nitrogen and oxygen atoms in total. The highest BCUT2D eigenvalue weighted by atomic mass is 32.2. The molecule has 1 N–H and O–H groups in total. The van der Waals surface area contributed by atoms with Gasteiger partial charge < -0.3 is 10.0 Å². The van der Waals surface area contributed by atoms with Crippen LogP contribution in [0.3, 0.4) is 0 Å². The van der Waals surface area contributed by atoms with Crippen molar-refractivity contribution in [3.05, 3.63) is 35.4 Å². The molecule has 0 amide bonds. The molecule has 5 heteroatoms. The zero-order valence-corrected chi connectivity index (χ0v) is 14.7. The summed E-state index contributed by atoms with van der Waals surface area (Å²) in [6.07, 6.45) is 3.72. The first-order valence-corrected chi connectivity index (χ1v) is 10.3. The van der Waals surface area contributed by atoms with Gasteiger partial charge in [-0.25, -0.2) is 8.42 Å². The van der Waals surface area contributed by atoms with Crippen LogP contribution in [0.1, 0.15) is 36.8 Å². The number of aryl methyl sites for hydroxylation is 1. The Morgan fingerprint density at radius 1 is 1.30 bits per heavy atom. The van der Waals surface area contributed by atoms with Gasteiger partial charge in [-0.15, -0.1) is 0 Å². The number of likely N-dealkylation sites (tertiary alicyclic amines) is 1. The van der Waals surface area contributed by atoms with Gasteiger partial charge in [-0.3, -0.25) is 0 Å². The molecule has 23 heavy (non-hydrogen) atoms. The molecule has 128 valence electrons. The molecule has 1 atom stereocenters. The van der Waals surface area contributed by atoms with Crippen molar-refractivity contribution in [1.82, 2.24) is 4.90 Å². The van der Waals surface area contributed by atoms with Gasteiger partial charge in [-0.05, 0) is 38.2 Å². The van der Waals surface area contributed by atoms with Gasteiger partial charge in [0.1, 0.15) is 0 Å². The molecule has 0 bridgehead atoms. The summed E-state index contributed by atoms with van der Waals surface area (Å²) in [6, 6.07) is 8.31. The van der Waals surface area contributed by atoms with Gasteiger partial charge in [0, 0.05) is 26.1 Å². The normalized spacial score (nSPS) is 27.1. The Kier molecular flexibility index (Phi) is 4.81. The summed E-state index contributed by atoms with van der Waals surface area (Å²) in [5, 5.41) is 10.7. The van der Waals surface area contributed by atoms with Crippen LogP contribution in [0.5, 0.6) is 0 Å².